The highest BCUT2D eigenvalue weighted by Gasteiger charge is 2.30. The highest BCUT2D eigenvalue weighted by atomic mass is 35.5. The molecule has 1 saturated heterocycles. The van der Waals surface area contributed by atoms with Crippen molar-refractivity contribution >= 4 is 38.9 Å². The Labute approximate surface area is 190 Å². The molecule has 1 aliphatic rings. The van der Waals surface area contributed by atoms with E-state index in [0.717, 1.165) is 5.56 Å². The van der Waals surface area contributed by atoms with E-state index in [-0.39, 0.29) is 28.6 Å². The molecule has 0 spiro atoms. The summed E-state index contributed by atoms with van der Waals surface area (Å²) in [5.74, 6) is 0. The Morgan fingerprint density at radius 3 is 2.32 bits per heavy atom. The number of piperazine rings is 1. The molecule has 10 heteroatoms. The molecule has 0 unspecified atom stereocenters. The van der Waals surface area contributed by atoms with E-state index in [1.807, 2.05) is 35.2 Å². The SMILES string of the molecule is O=c1c(Cl)c(N2CCN(S(=O)(=O)c3cccc(Cl)c3)CC2)cnn1Cc1ccccc1. The average Bonchev–Trinajstić information content (AvgIpc) is 2.78. The van der Waals surface area contributed by atoms with Crippen molar-refractivity contribution < 1.29 is 8.42 Å². The fraction of sp³-hybridized carbons (Fsp3) is 0.238. The largest absolute Gasteiger partial charge is 0.366 e. The van der Waals surface area contributed by atoms with E-state index in [4.69, 9.17) is 23.2 Å². The number of benzene rings is 2. The minimum absolute atomic E-state index is 0.0806. The Kier molecular flexibility index (Phi) is 6.34. The fourth-order valence-electron chi connectivity index (χ4n) is 3.49. The Morgan fingerprint density at radius 1 is 0.935 bits per heavy atom. The van der Waals surface area contributed by atoms with Gasteiger partial charge in [0.1, 0.15) is 5.02 Å². The number of sulfonamides is 1. The van der Waals surface area contributed by atoms with Gasteiger partial charge in [0.25, 0.3) is 5.56 Å². The van der Waals surface area contributed by atoms with Crippen molar-refractivity contribution in [3.8, 4) is 0 Å². The molecule has 0 radical (unpaired) electrons. The van der Waals surface area contributed by atoms with Crippen LogP contribution in [0.25, 0.3) is 0 Å². The second kappa shape index (κ2) is 9.00. The van der Waals surface area contributed by atoms with E-state index in [1.165, 1.54) is 21.1 Å². The molecule has 2 aromatic carbocycles. The van der Waals surface area contributed by atoms with Gasteiger partial charge >= 0.3 is 0 Å². The molecule has 3 aromatic rings. The number of rotatable bonds is 5. The van der Waals surface area contributed by atoms with Crippen LogP contribution in [0.5, 0.6) is 0 Å². The minimum atomic E-state index is -3.64. The first-order valence-electron chi connectivity index (χ1n) is 9.66. The summed E-state index contributed by atoms with van der Waals surface area (Å²) in [4.78, 5) is 14.7. The predicted molar refractivity (Wildman–Crippen MR) is 121 cm³/mol. The first-order valence-corrected chi connectivity index (χ1v) is 11.9. The van der Waals surface area contributed by atoms with Crippen LogP contribution in [0.3, 0.4) is 0 Å². The quantitative estimate of drug-likeness (QED) is 0.562. The summed E-state index contributed by atoms with van der Waals surface area (Å²) in [5.41, 5.74) is 1.08. The number of anilines is 1. The molecule has 1 aromatic heterocycles. The molecule has 7 nitrogen and oxygen atoms in total. The monoisotopic (exact) mass is 478 g/mol. The summed E-state index contributed by atoms with van der Waals surface area (Å²) in [6.45, 7) is 1.63. The lowest BCUT2D eigenvalue weighted by Gasteiger charge is -2.35. The lowest BCUT2D eigenvalue weighted by molar-refractivity contribution is 0.384. The molecule has 31 heavy (non-hydrogen) atoms. The molecule has 162 valence electrons. The van der Waals surface area contributed by atoms with Crippen molar-refractivity contribution in [2.45, 2.75) is 11.4 Å². The van der Waals surface area contributed by atoms with Gasteiger partial charge in [0.05, 0.1) is 23.3 Å². The minimum Gasteiger partial charge on any atom is -0.366 e. The summed E-state index contributed by atoms with van der Waals surface area (Å²) >= 11 is 12.3. The van der Waals surface area contributed by atoms with Crippen LogP contribution in [0.1, 0.15) is 5.56 Å². The Morgan fingerprint density at radius 2 is 1.65 bits per heavy atom. The lowest BCUT2D eigenvalue weighted by Crippen LogP contribution is -2.49. The van der Waals surface area contributed by atoms with Crippen LogP contribution in [-0.2, 0) is 16.6 Å². The Balaban J connectivity index is 1.49. The van der Waals surface area contributed by atoms with Crippen molar-refractivity contribution in [2.24, 2.45) is 0 Å². The van der Waals surface area contributed by atoms with Crippen molar-refractivity contribution in [1.29, 1.82) is 0 Å². The van der Waals surface area contributed by atoms with Crippen LogP contribution in [-0.4, -0.2) is 48.7 Å². The van der Waals surface area contributed by atoms with Gasteiger partial charge in [0, 0.05) is 31.2 Å². The first-order chi connectivity index (χ1) is 14.9. The molecule has 0 aliphatic carbocycles. The summed E-state index contributed by atoms with van der Waals surface area (Å²) in [6.07, 6.45) is 1.56. The molecule has 0 bridgehead atoms. The van der Waals surface area contributed by atoms with E-state index in [9.17, 15) is 13.2 Å². The highest BCUT2D eigenvalue weighted by Crippen LogP contribution is 2.25. The van der Waals surface area contributed by atoms with E-state index in [0.29, 0.717) is 30.3 Å². The van der Waals surface area contributed by atoms with Crippen LogP contribution in [0.15, 0.2) is 70.5 Å². The smallest absolute Gasteiger partial charge is 0.287 e. The van der Waals surface area contributed by atoms with Gasteiger partial charge < -0.3 is 4.90 Å². The third-order valence-corrected chi connectivity index (χ3v) is 7.64. The van der Waals surface area contributed by atoms with E-state index in [2.05, 4.69) is 5.10 Å². The summed E-state index contributed by atoms with van der Waals surface area (Å²) in [6, 6.07) is 15.7. The molecular weight excluding hydrogens is 459 g/mol. The molecule has 2 heterocycles. The highest BCUT2D eigenvalue weighted by molar-refractivity contribution is 7.89. The summed E-state index contributed by atoms with van der Waals surface area (Å²) in [7, 11) is -3.64. The van der Waals surface area contributed by atoms with Crippen LogP contribution < -0.4 is 10.5 Å². The maximum Gasteiger partial charge on any atom is 0.287 e. The van der Waals surface area contributed by atoms with Crippen LogP contribution in [0.4, 0.5) is 5.69 Å². The number of aromatic nitrogens is 2. The number of hydrogen-bond donors (Lipinski definition) is 0. The van der Waals surface area contributed by atoms with Crippen LogP contribution in [0, 0.1) is 0 Å². The van der Waals surface area contributed by atoms with Gasteiger partial charge in [0.2, 0.25) is 10.0 Å². The summed E-state index contributed by atoms with van der Waals surface area (Å²) in [5, 5.41) is 4.72. The predicted octanol–water partition coefficient (Wildman–Crippen LogP) is 3.11. The van der Waals surface area contributed by atoms with Gasteiger partial charge in [0.15, 0.2) is 0 Å². The maximum atomic E-state index is 12.9. The van der Waals surface area contributed by atoms with Gasteiger partial charge in [-0.3, -0.25) is 4.79 Å². The third kappa shape index (κ3) is 4.62. The van der Waals surface area contributed by atoms with Crippen LogP contribution in [0.2, 0.25) is 10.0 Å². The van der Waals surface area contributed by atoms with Gasteiger partial charge in [-0.1, -0.05) is 59.6 Å². The molecule has 4 rings (SSSR count). The summed E-state index contributed by atoms with van der Waals surface area (Å²) < 4.78 is 28.5. The van der Waals surface area contributed by atoms with Crippen molar-refractivity contribution in [1.82, 2.24) is 14.1 Å². The number of hydrogen-bond acceptors (Lipinski definition) is 5. The second-order valence-corrected chi connectivity index (χ2v) is 9.89. The zero-order valence-electron chi connectivity index (χ0n) is 16.5. The standard InChI is InChI=1S/C21H20Cl2N4O3S/c22-17-7-4-8-18(13-17)31(29,30)26-11-9-25(10-12-26)19-14-24-27(21(28)20(19)23)15-16-5-2-1-3-6-16/h1-8,13-14H,9-12,15H2. The van der Waals surface area contributed by atoms with Gasteiger partial charge in [-0.05, 0) is 23.8 Å². The second-order valence-electron chi connectivity index (χ2n) is 7.14. The fourth-order valence-corrected chi connectivity index (χ4v) is 5.48. The van der Waals surface area contributed by atoms with Crippen LogP contribution >= 0.6 is 23.2 Å². The van der Waals surface area contributed by atoms with E-state index >= 15 is 0 Å². The van der Waals surface area contributed by atoms with Crippen molar-refractivity contribution in [2.75, 3.05) is 31.1 Å². The van der Waals surface area contributed by atoms with Gasteiger partial charge in [-0.2, -0.15) is 9.40 Å². The normalized spacial score (nSPS) is 15.2. The van der Waals surface area contributed by atoms with Crippen molar-refractivity contribution in [3.63, 3.8) is 0 Å². The molecule has 0 N–H and O–H groups in total. The zero-order valence-corrected chi connectivity index (χ0v) is 18.8. The topological polar surface area (TPSA) is 75.5 Å². The molecule has 1 aliphatic heterocycles. The van der Waals surface area contributed by atoms with Gasteiger partial charge in [-0.15, -0.1) is 0 Å². The van der Waals surface area contributed by atoms with E-state index < -0.39 is 10.0 Å². The Hall–Kier alpha value is -2.39. The van der Waals surface area contributed by atoms with Crippen molar-refractivity contribution in [3.05, 3.63) is 86.8 Å². The first kappa shape index (κ1) is 21.8. The van der Waals surface area contributed by atoms with E-state index in [1.54, 1.807) is 18.3 Å². The molecule has 0 atom stereocenters. The third-order valence-electron chi connectivity index (χ3n) is 5.15. The number of halogens is 2. The number of nitrogens with zero attached hydrogens (tertiary/aromatic N) is 4. The zero-order chi connectivity index (χ0) is 22.0. The molecule has 0 amide bonds. The molecular formula is C21H20Cl2N4O3S. The molecule has 0 saturated carbocycles. The maximum absolute atomic E-state index is 12.9. The lowest BCUT2D eigenvalue weighted by atomic mass is 10.2. The van der Waals surface area contributed by atoms with Gasteiger partial charge in [-0.25, -0.2) is 13.1 Å². The molecule has 1 fully saturated rings. The average molecular weight is 479 g/mol. The Bertz CT molecular complexity index is 1240.